The molecule has 3 unspecified atom stereocenters. The fraction of sp³-hybridized carbons (Fsp3) is 0.562. The number of alkyl halides is 1. The van der Waals surface area contributed by atoms with Crippen LogP contribution in [0.15, 0.2) is 24.3 Å². The summed E-state index contributed by atoms with van der Waals surface area (Å²) < 4.78 is 2.01. The van der Waals surface area contributed by atoms with E-state index in [1.807, 2.05) is 11.7 Å². The van der Waals surface area contributed by atoms with Gasteiger partial charge in [-0.05, 0) is 43.6 Å². The van der Waals surface area contributed by atoms with E-state index in [1.54, 1.807) is 0 Å². The monoisotopic (exact) mass is 320 g/mol. The zero-order chi connectivity index (χ0) is 13.4. The lowest BCUT2D eigenvalue weighted by atomic mass is 9.80. The first-order chi connectivity index (χ1) is 9.15. The molecule has 1 aromatic carbocycles. The number of halogens is 1. The van der Waals surface area contributed by atoms with Crippen LogP contribution in [-0.4, -0.2) is 14.6 Å². The molecule has 3 rings (SSSR count). The van der Waals surface area contributed by atoms with Gasteiger partial charge in [0.1, 0.15) is 0 Å². The summed E-state index contributed by atoms with van der Waals surface area (Å²) in [7, 11) is 2.04. The van der Waals surface area contributed by atoms with Gasteiger partial charge >= 0.3 is 0 Å². The molecule has 2 nitrogen and oxygen atoms in total. The lowest BCUT2D eigenvalue weighted by molar-refractivity contribution is 0.293. The second-order valence-corrected chi connectivity index (χ2v) is 7.16. The molecule has 0 amide bonds. The zero-order valence-corrected chi connectivity index (χ0v) is 13.2. The molecule has 1 fully saturated rings. The van der Waals surface area contributed by atoms with E-state index in [2.05, 4.69) is 47.1 Å². The number of nitrogens with zero attached hydrogens (tertiary/aromatic N) is 2. The van der Waals surface area contributed by atoms with Gasteiger partial charge in [-0.3, -0.25) is 4.68 Å². The molecule has 0 N–H and O–H groups in total. The highest BCUT2D eigenvalue weighted by Crippen LogP contribution is 2.36. The fourth-order valence-corrected chi connectivity index (χ4v) is 4.03. The van der Waals surface area contributed by atoms with Crippen LogP contribution in [0.5, 0.6) is 0 Å². The Balaban J connectivity index is 1.88. The minimum Gasteiger partial charge on any atom is -0.268 e. The number of aryl methyl sites for hydroxylation is 1. The molecule has 19 heavy (non-hydrogen) atoms. The van der Waals surface area contributed by atoms with Crippen molar-refractivity contribution in [1.82, 2.24) is 9.78 Å². The standard InChI is InChI=1S/C16H21BrN2/c1-11-7-8-14(17)12(9-11)10-15-13-5-3-4-6-16(13)19(2)18-15/h3-6,11-12,14H,7-10H2,1-2H3. The summed E-state index contributed by atoms with van der Waals surface area (Å²) in [6, 6.07) is 8.56. The van der Waals surface area contributed by atoms with Gasteiger partial charge in [0.15, 0.2) is 0 Å². The SMILES string of the molecule is CC1CCC(Br)C(Cc2nn(C)c3ccccc23)C1. The van der Waals surface area contributed by atoms with E-state index in [9.17, 15) is 0 Å². The van der Waals surface area contributed by atoms with Crippen molar-refractivity contribution in [1.29, 1.82) is 0 Å². The molecule has 3 heteroatoms. The maximum Gasteiger partial charge on any atom is 0.0706 e. The van der Waals surface area contributed by atoms with Gasteiger partial charge in [0.2, 0.25) is 0 Å². The summed E-state index contributed by atoms with van der Waals surface area (Å²) in [5, 5.41) is 6.06. The quantitative estimate of drug-likeness (QED) is 0.754. The normalized spacial score (nSPS) is 27.8. The molecule has 1 aliphatic rings. The second kappa shape index (κ2) is 5.28. The van der Waals surface area contributed by atoms with Gasteiger partial charge in [-0.2, -0.15) is 5.10 Å². The molecule has 2 aromatic rings. The van der Waals surface area contributed by atoms with Crippen molar-refractivity contribution in [2.75, 3.05) is 0 Å². The highest BCUT2D eigenvalue weighted by molar-refractivity contribution is 9.09. The van der Waals surface area contributed by atoms with Crippen LogP contribution in [0.3, 0.4) is 0 Å². The molecule has 0 saturated heterocycles. The van der Waals surface area contributed by atoms with Crippen LogP contribution in [0.4, 0.5) is 0 Å². The molecule has 1 saturated carbocycles. The second-order valence-electron chi connectivity index (χ2n) is 5.99. The van der Waals surface area contributed by atoms with Gasteiger partial charge in [0, 0.05) is 17.3 Å². The fourth-order valence-electron chi connectivity index (χ4n) is 3.36. The average Bonchev–Trinajstić information content (AvgIpc) is 2.72. The maximum absolute atomic E-state index is 4.74. The zero-order valence-electron chi connectivity index (χ0n) is 11.6. The lowest BCUT2D eigenvalue weighted by Crippen LogP contribution is -2.25. The highest BCUT2D eigenvalue weighted by atomic mass is 79.9. The third-order valence-electron chi connectivity index (χ3n) is 4.44. The van der Waals surface area contributed by atoms with Crippen LogP contribution in [0.1, 0.15) is 31.9 Å². The first kappa shape index (κ1) is 13.2. The number of hydrogen-bond donors (Lipinski definition) is 0. The summed E-state index contributed by atoms with van der Waals surface area (Å²) in [5.41, 5.74) is 2.51. The van der Waals surface area contributed by atoms with Gasteiger partial charge in [0.05, 0.1) is 11.2 Å². The van der Waals surface area contributed by atoms with Crippen LogP contribution in [0.25, 0.3) is 10.9 Å². The topological polar surface area (TPSA) is 17.8 Å². The van der Waals surface area contributed by atoms with Crippen molar-refractivity contribution in [3.05, 3.63) is 30.0 Å². The lowest BCUT2D eigenvalue weighted by Gasteiger charge is -2.31. The van der Waals surface area contributed by atoms with E-state index in [0.717, 1.165) is 18.3 Å². The van der Waals surface area contributed by atoms with Crippen molar-refractivity contribution < 1.29 is 0 Å². The summed E-state index contributed by atoms with van der Waals surface area (Å²) in [6.07, 6.45) is 5.08. The minimum absolute atomic E-state index is 0.657. The molecule has 3 atom stereocenters. The van der Waals surface area contributed by atoms with Crippen molar-refractivity contribution in [3.63, 3.8) is 0 Å². The largest absolute Gasteiger partial charge is 0.268 e. The molecular weight excluding hydrogens is 300 g/mol. The minimum atomic E-state index is 0.657. The Hall–Kier alpha value is -0.830. The van der Waals surface area contributed by atoms with Gasteiger partial charge in [0.25, 0.3) is 0 Å². The van der Waals surface area contributed by atoms with E-state index in [-0.39, 0.29) is 0 Å². The molecular formula is C16H21BrN2. The van der Waals surface area contributed by atoms with E-state index in [4.69, 9.17) is 5.10 Å². The summed E-state index contributed by atoms with van der Waals surface area (Å²) >= 11 is 3.88. The van der Waals surface area contributed by atoms with Gasteiger partial charge in [-0.25, -0.2) is 0 Å². The molecule has 1 aromatic heterocycles. The number of aromatic nitrogens is 2. The van der Waals surface area contributed by atoms with Crippen LogP contribution < -0.4 is 0 Å². The number of fused-ring (bicyclic) bond motifs is 1. The predicted octanol–water partition coefficient (Wildman–Crippen LogP) is 4.32. The smallest absolute Gasteiger partial charge is 0.0706 e. The number of para-hydroxylation sites is 1. The van der Waals surface area contributed by atoms with Crippen molar-refractivity contribution in [2.45, 2.75) is 37.4 Å². The molecule has 0 radical (unpaired) electrons. The number of hydrogen-bond acceptors (Lipinski definition) is 1. The van der Waals surface area contributed by atoms with Gasteiger partial charge < -0.3 is 0 Å². The van der Waals surface area contributed by atoms with Gasteiger partial charge in [-0.15, -0.1) is 0 Å². The van der Waals surface area contributed by atoms with E-state index >= 15 is 0 Å². The highest BCUT2D eigenvalue weighted by Gasteiger charge is 2.28. The summed E-state index contributed by atoms with van der Waals surface area (Å²) in [6.45, 7) is 2.38. The Labute approximate surface area is 123 Å². The van der Waals surface area contributed by atoms with Crippen molar-refractivity contribution in [3.8, 4) is 0 Å². The van der Waals surface area contributed by atoms with Crippen LogP contribution in [-0.2, 0) is 13.5 Å². The third-order valence-corrected chi connectivity index (χ3v) is 5.65. The van der Waals surface area contributed by atoms with Crippen LogP contribution in [0, 0.1) is 11.8 Å². The Bertz CT molecular complexity index is 575. The van der Waals surface area contributed by atoms with E-state index < -0.39 is 0 Å². The Morgan fingerprint density at radius 3 is 2.95 bits per heavy atom. The third kappa shape index (κ3) is 2.58. The van der Waals surface area contributed by atoms with Crippen molar-refractivity contribution >= 4 is 26.8 Å². The first-order valence-corrected chi connectivity index (χ1v) is 8.11. The number of benzene rings is 1. The molecule has 102 valence electrons. The molecule has 1 aliphatic carbocycles. The Morgan fingerprint density at radius 1 is 1.32 bits per heavy atom. The van der Waals surface area contributed by atoms with Crippen LogP contribution >= 0.6 is 15.9 Å². The van der Waals surface area contributed by atoms with Gasteiger partial charge in [-0.1, -0.05) is 41.1 Å². The summed E-state index contributed by atoms with van der Waals surface area (Å²) in [4.78, 5) is 0.657. The maximum atomic E-state index is 4.74. The average molecular weight is 321 g/mol. The van der Waals surface area contributed by atoms with E-state index in [1.165, 1.54) is 35.9 Å². The molecule has 0 bridgehead atoms. The van der Waals surface area contributed by atoms with Crippen molar-refractivity contribution in [2.24, 2.45) is 18.9 Å². The molecule has 1 heterocycles. The van der Waals surface area contributed by atoms with Crippen LogP contribution in [0.2, 0.25) is 0 Å². The summed E-state index contributed by atoms with van der Waals surface area (Å²) in [5.74, 6) is 1.58. The van der Waals surface area contributed by atoms with E-state index in [0.29, 0.717) is 4.83 Å². The molecule has 0 spiro atoms. The predicted molar refractivity (Wildman–Crippen MR) is 83.6 cm³/mol. The molecule has 0 aliphatic heterocycles. The number of rotatable bonds is 2. The first-order valence-electron chi connectivity index (χ1n) is 7.20. The Kier molecular flexibility index (Phi) is 3.66. The Morgan fingerprint density at radius 2 is 2.11 bits per heavy atom.